The second-order valence-electron chi connectivity index (χ2n) is 15.5. The van der Waals surface area contributed by atoms with Crippen molar-refractivity contribution in [3.8, 4) is 56.4 Å². The van der Waals surface area contributed by atoms with Crippen LogP contribution < -0.4 is 0 Å². The lowest BCUT2D eigenvalue weighted by Gasteiger charge is -2.13. The summed E-state index contributed by atoms with van der Waals surface area (Å²) in [6, 6.07) is 65.7. The van der Waals surface area contributed by atoms with E-state index in [1.54, 1.807) is 0 Å². The van der Waals surface area contributed by atoms with Crippen molar-refractivity contribution in [2.45, 2.75) is 0 Å². The molecular weight excluding hydrogens is 767 g/mol. The molecule has 0 N–H and O–H groups in total. The van der Waals surface area contributed by atoms with Gasteiger partial charge in [-0.1, -0.05) is 140 Å². The van der Waals surface area contributed by atoms with Gasteiger partial charge in [0.1, 0.15) is 22.3 Å². The SMILES string of the molecule is c1ccc(-c2nc(-c3ccc4ccccc4c3)nc(-c3cccc4oc5ccc(-c6c(-c7ccc8c(c7)sc7ccccc78)ccc7oc8ccccc8c67)cc5c34)n2)cc1. The van der Waals surface area contributed by atoms with Crippen molar-refractivity contribution < 1.29 is 8.83 Å². The summed E-state index contributed by atoms with van der Waals surface area (Å²) in [5.74, 6) is 1.80. The zero-order valence-corrected chi connectivity index (χ0v) is 33.3. The molecule has 0 radical (unpaired) electrons. The third-order valence-electron chi connectivity index (χ3n) is 11.9. The van der Waals surface area contributed by atoms with Gasteiger partial charge < -0.3 is 8.83 Å². The van der Waals surface area contributed by atoms with Crippen molar-refractivity contribution in [3.05, 3.63) is 188 Å². The van der Waals surface area contributed by atoms with Crippen LogP contribution in [-0.4, -0.2) is 15.0 Å². The van der Waals surface area contributed by atoms with Crippen LogP contribution in [-0.2, 0) is 0 Å². The zero-order chi connectivity index (χ0) is 40.0. The van der Waals surface area contributed by atoms with E-state index in [2.05, 4.69) is 133 Å². The Balaban J connectivity index is 1.05. The summed E-state index contributed by atoms with van der Waals surface area (Å²) >= 11 is 1.84. The highest BCUT2D eigenvalue weighted by atomic mass is 32.1. The van der Waals surface area contributed by atoms with Crippen LogP contribution in [0, 0.1) is 0 Å². The Morgan fingerprint density at radius 1 is 0.328 bits per heavy atom. The van der Waals surface area contributed by atoms with Crippen LogP contribution >= 0.6 is 11.3 Å². The minimum Gasteiger partial charge on any atom is -0.456 e. The number of thiophene rings is 1. The normalized spacial score (nSPS) is 11.9. The molecule has 0 spiro atoms. The first-order valence-electron chi connectivity index (χ1n) is 20.3. The molecule has 6 heteroatoms. The topological polar surface area (TPSA) is 65.0 Å². The van der Waals surface area contributed by atoms with Crippen molar-refractivity contribution in [3.63, 3.8) is 0 Å². The molecule has 0 aliphatic rings. The Morgan fingerprint density at radius 2 is 0.984 bits per heavy atom. The summed E-state index contributed by atoms with van der Waals surface area (Å²) in [7, 11) is 0. The van der Waals surface area contributed by atoms with Gasteiger partial charge in [-0.05, 0) is 76.0 Å². The molecule has 5 nitrogen and oxygen atoms in total. The average molecular weight is 798 g/mol. The number of para-hydroxylation sites is 1. The maximum Gasteiger partial charge on any atom is 0.164 e. The lowest BCUT2D eigenvalue weighted by Crippen LogP contribution is -2.00. The molecule has 0 bridgehead atoms. The first-order chi connectivity index (χ1) is 30.2. The molecule has 13 aromatic rings. The van der Waals surface area contributed by atoms with Gasteiger partial charge in [0.25, 0.3) is 0 Å². The number of benzene rings is 9. The number of aromatic nitrogens is 3. The molecule has 0 aliphatic carbocycles. The van der Waals surface area contributed by atoms with E-state index in [0.29, 0.717) is 17.5 Å². The Hall–Kier alpha value is -7.93. The summed E-state index contributed by atoms with van der Waals surface area (Å²) in [4.78, 5) is 15.4. The van der Waals surface area contributed by atoms with E-state index < -0.39 is 0 Å². The fourth-order valence-corrected chi connectivity index (χ4v) is 10.2. The average Bonchev–Trinajstić information content (AvgIpc) is 4.02. The summed E-state index contributed by atoms with van der Waals surface area (Å²) < 4.78 is 15.7. The molecule has 13 rings (SSSR count). The molecule has 0 unspecified atom stereocenters. The largest absolute Gasteiger partial charge is 0.456 e. The zero-order valence-electron chi connectivity index (χ0n) is 32.5. The van der Waals surface area contributed by atoms with Gasteiger partial charge in [-0.2, -0.15) is 0 Å². The molecular formula is C55H31N3O2S. The second-order valence-corrected chi connectivity index (χ2v) is 16.6. The van der Waals surface area contributed by atoms with Gasteiger partial charge in [0.2, 0.25) is 0 Å². The Morgan fingerprint density at radius 3 is 1.89 bits per heavy atom. The van der Waals surface area contributed by atoms with E-state index in [-0.39, 0.29) is 0 Å². The lowest BCUT2D eigenvalue weighted by molar-refractivity contribution is 0.669. The Kier molecular flexibility index (Phi) is 7.41. The van der Waals surface area contributed by atoms with Gasteiger partial charge in [-0.25, -0.2) is 15.0 Å². The van der Waals surface area contributed by atoms with Crippen LogP contribution in [0.5, 0.6) is 0 Å². The van der Waals surface area contributed by atoms with Crippen LogP contribution in [0.15, 0.2) is 197 Å². The molecule has 0 amide bonds. The summed E-state index contributed by atoms with van der Waals surface area (Å²) in [6.07, 6.45) is 0. The maximum atomic E-state index is 6.63. The van der Waals surface area contributed by atoms with Gasteiger partial charge in [0.05, 0.1) is 0 Å². The predicted molar refractivity (Wildman–Crippen MR) is 252 cm³/mol. The second kappa shape index (κ2) is 13.3. The lowest BCUT2D eigenvalue weighted by atomic mass is 9.89. The van der Waals surface area contributed by atoms with E-state index in [1.807, 2.05) is 65.9 Å². The van der Waals surface area contributed by atoms with Crippen molar-refractivity contribution in [1.29, 1.82) is 0 Å². The van der Waals surface area contributed by atoms with Crippen molar-refractivity contribution in [2.24, 2.45) is 0 Å². The van der Waals surface area contributed by atoms with Crippen LogP contribution in [0.3, 0.4) is 0 Å². The Labute approximate surface area is 352 Å². The van der Waals surface area contributed by atoms with E-state index in [0.717, 1.165) is 93.6 Å². The van der Waals surface area contributed by atoms with Crippen molar-refractivity contribution in [1.82, 2.24) is 15.0 Å². The molecule has 0 atom stereocenters. The summed E-state index contributed by atoms with van der Waals surface area (Å²) in [5.41, 5.74) is 10.4. The highest BCUT2D eigenvalue weighted by Crippen LogP contribution is 2.46. The minimum absolute atomic E-state index is 0.580. The highest BCUT2D eigenvalue weighted by Gasteiger charge is 2.22. The standard InChI is InChI=1S/C55H31N3O2S/c1-2-12-33(13-3-1)53-56-54(37-22-21-32-11-4-5-14-34(32)29-37)58-55(57-53)42-17-10-19-46-51(42)43-30-36(24-27-45(43)60-46)50-38(26-28-47-52(50)41-16-6-8-18-44(41)59-47)35-23-25-40-39-15-7-9-20-48(39)61-49(40)31-35/h1-31H. The summed E-state index contributed by atoms with van der Waals surface area (Å²) in [5, 5.41) is 8.95. The number of hydrogen-bond acceptors (Lipinski definition) is 6. The molecule has 284 valence electrons. The van der Waals surface area contributed by atoms with Crippen molar-refractivity contribution >= 4 is 86.2 Å². The Bertz CT molecular complexity index is 3900. The van der Waals surface area contributed by atoms with Crippen LogP contribution in [0.4, 0.5) is 0 Å². The number of fused-ring (bicyclic) bond motifs is 10. The molecule has 0 saturated carbocycles. The number of rotatable bonds is 5. The fourth-order valence-electron chi connectivity index (χ4n) is 9.09. The maximum absolute atomic E-state index is 6.63. The van der Waals surface area contributed by atoms with Crippen molar-refractivity contribution in [2.75, 3.05) is 0 Å². The van der Waals surface area contributed by atoms with Gasteiger partial charge in [-0.3, -0.25) is 0 Å². The van der Waals surface area contributed by atoms with E-state index in [9.17, 15) is 0 Å². The number of furan rings is 2. The molecule has 4 heterocycles. The molecule has 0 aliphatic heterocycles. The third-order valence-corrected chi connectivity index (χ3v) is 13.1. The van der Waals surface area contributed by atoms with Crippen LogP contribution in [0.1, 0.15) is 0 Å². The monoisotopic (exact) mass is 797 g/mol. The first kappa shape index (κ1) is 34.0. The van der Waals surface area contributed by atoms with Gasteiger partial charge in [0, 0.05) is 64.0 Å². The minimum atomic E-state index is 0.580. The molecule has 61 heavy (non-hydrogen) atoms. The third kappa shape index (κ3) is 5.43. The smallest absolute Gasteiger partial charge is 0.164 e. The quantitative estimate of drug-likeness (QED) is 0.174. The number of nitrogens with zero attached hydrogens (tertiary/aromatic N) is 3. The fraction of sp³-hybridized carbons (Fsp3) is 0. The molecule has 4 aromatic heterocycles. The predicted octanol–water partition coefficient (Wildman–Crippen LogP) is 15.5. The van der Waals surface area contributed by atoms with Crippen LogP contribution in [0.25, 0.3) is 131 Å². The van der Waals surface area contributed by atoms with Gasteiger partial charge in [0.15, 0.2) is 17.5 Å². The van der Waals surface area contributed by atoms with Gasteiger partial charge in [-0.15, -0.1) is 11.3 Å². The summed E-state index contributed by atoms with van der Waals surface area (Å²) in [6.45, 7) is 0. The molecule has 9 aromatic carbocycles. The highest BCUT2D eigenvalue weighted by molar-refractivity contribution is 7.25. The van der Waals surface area contributed by atoms with E-state index >= 15 is 0 Å². The van der Waals surface area contributed by atoms with E-state index in [1.165, 1.54) is 20.2 Å². The van der Waals surface area contributed by atoms with Gasteiger partial charge >= 0.3 is 0 Å². The molecule has 0 saturated heterocycles. The molecule has 0 fully saturated rings. The van der Waals surface area contributed by atoms with E-state index in [4.69, 9.17) is 23.8 Å². The van der Waals surface area contributed by atoms with Crippen LogP contribution in [0.2, 0.25) is 0 Å². The number of hydrogen-bond donors (Lipinski definition) is 0. The first-order valence-corrected chi connectivity index (χ1v) is 21.1.